The molecule has 1 aromatic carbocycles. The molecule has 14 heavy (non-hydrogen) atoms. The van der Waals surface area contributed by atoms with Crippen LogP contribution in [0.2, 0.25) is 5.02 Å². The fraction of sp³-hybridized carbons (Fsp3) is 0. The van der Waals surface area contributed by atoms with Gasteiger partial charge < -0.3 is 0 Å². The van der Waals surface area contributed by atoms with Crippen LogP contribution in [0.4, 0.5) is 0 Å². The maximum absolute atomic E-state index is 8.79. The van der Waals surface area contributed by atoms with Crippen LogP contribution in [-0.2, 0) is 0 Å². The summed E-state index contributed by atoms with van der Waals surface area (Å²) < 4.78 is 0.551. The van der Waals surface area contributed by atoms with Crippen LogP contribution >= 0.6 is 27.5 Å². The summed E-state index contributed by atoms with van der Waals surface area (Å²) in [6.07, 6.45) is 0. The van der Waals surface area contributed by atoms with Crippen molar-refractivity contribution in [3.63, 3.8) is 0 Å². The maximum Gasteiger partial charge on any atom is 0.124 e. The fourth-order valence-electron chi connectivity index (χ4n) is 1.20. The van der Waals surface area contributed by atoms with Crippen molar-refractivity contribution in [2.75, 3.05) is 0 Å². The van der Waals surface area contributed by atoms with Crippen LogP contribution in [0.25, 0.3) is 10.9 Å². The van der Waals surface area contributed by atoms with Crippen LogP contribution < -0.4 is 0 Å². The molecule has 2 aromatic rings. The van der Waals surface area contributed by atoms with Gasteiger partial charge in [-0.05, 0) is 34.1 Å². The first-order valence-electron chi connectivity index (χ1n) is 3.86. The zero-order valence-electron chi connectivity index (χ0n) is 6.96. The lowest BCUT2D eigenvalue weighted by atomic mass is 10.2. The molecule has 0 saturated carbocycles. The zero-order chi connectivity index (χ0) is 10.1. The standard InChI is InChI=1S/C10H4BrClN2/c11-10-7(5-13)3-6-1-2-8(12)4-9(6)14-10/h1-4H. The van der Waals surface area contributed by atoms with Gasteiger partial charge in [-0.2, -0.15) is 5.26 Å². The van der Waals surface area contributed by atoms with E-state index < -0.39 is 0 Å². The molecular formula is C10H4BrClN2. The van der Waals surface area contributed by atoms with E-state index in [1.54, 1.807) is 18.2 Å². The molecule has 0 aliphatic heterocycles. The van der Waals surface area contributed by atoms with Crippen molar-refractivity contribution < 1.29 is 0 Å². The molecule has 0 saturated heterocycles. The first kappa shape index (κ1) is 9.45. The second kappa shape index (κ2) is 3.56. The molecular weight excluding hydrogens is 263 g/mol. The Balaban J connectivity index is 2.81. The third-order valence-electron chi connectivity index (χ3n) is 1.85. The lowest BCUT2D eigenvalue weighted by molar-refractivity contribution is 1.32. The Morgan fingerprint density at radius 3 is 2.86 bits per heavy atom. The second-order valence-corrected chi connectivity index (χ2v) is 3.96. The van der Waals surface area contributed by atoms with Gasteiger partial charge in [0.25, 0.3) is 0 Å². The third kappa shape index (κ3) is 1.59. The molecule has 2 rings (SSSR count). The average Bonchev–Trinajstić information content (AvgIpc) is 2.16. The third-order valence-corrected chi connectivity index (χ3v) is 2.69. The first-order chi connectivity index (χ1) is 6.70. The molecule has 0 unspecified atom stereocenters. The quantitative estimate of drug-likeness (QED) is 0.685. The lowest BCUT2D eigenvalue weighted by Crippen LogP contribution is -1.85. The molecule has 0 spiro atoms. The van der Waals surface area contributed by atoms with Gasteiger partial charge in [0.1, 0.15) is 10.7 Å². The molecule has 0 radical (unpaired) electrons. The van der Waals surface area contributed by atoms with Crippen LogP contribution in [0.5, 0.6) is 0 Å². The summed E-state index contributed by atoms with van der Waals surface area (Å²) in [6.45, 7) is 0. The van der Waals surface area contributed by atoms with E-state index in [-0.39, 0.29) is 0 Å². The maximum atomic E-state index is 8.79. The van der Waals surface area contributed by atoms with Crippen LogP contribution in [0.3, 0.4) is 0 Å². The SMILES string of the molecule is N#Cc1cc2ccc(Cl)cc2nc1Br. The molecule has 1 heterocycles. The van der Waals surface area contributed by atoms with Gasteiger partial charge in [0.05, 0.1) is 11.1 Å². The summed E-state index contributed by atoms with van der Waals surface area (Å²) in [6, 6.07) is 9.23. The molecule has 0 atom stereocenters. The Morgan fingerprint density at radius 1 is 1.36 bits per heavy atom. The van der Waals surface area contributed by atoms with Crippen molar-refractivity contribution in [3.8, 4) is 6.07 Å². The second-order valence-electron chi connectivity index (χ2n) is 2.78. The highest BCUT2D eigenvalue weighted by Gasteiger charge is 2.03. The number of rotatable bonds is 0. The average molecular weight is 268 g/mol. The molecule has 68 valence electrons. The number of pyridine rings is 1. The lowest BCUT2D eigenvalue weighted by Gasteiger charge is -2.00. The summed E-state index contributed by atoms with van der Waals surface area (Å²) >= 11 is 9.05. The summed E-state index contributed by atoms with van der Waals surface area (Å²) in [7, 11) is 0. The number of fused-ring (bicyclic) bond motifs is 1. The molecule has 2 nitrogen and oxygen atoms in total. The summed E-state index contributed by atoms with van der Waals surface area (Å²) in [5.74, 6) is 0. The molecule has 0 N–H and O–H groups in total. The predicted octanol–water partition coefficient (Wildman–Crippen LogP) is 3.52. The van der Waals surface area contributed by atoms with Gasteiger partial charge in [-0.1, -0.05) is 17.7 Å². The minimum Gasteiger partial charge on any atom is -0.239 e. The number of aromatic nitrogens is 1. The number of halogens is 2. The molecule has 0 amide bonds. The van der Waals surface area contributed by atoms with Crippen molar-refractivity contribution in [1.82, 2.24) is 4.98 Å². The topological polar surface area (TPSA) is 36.7 Å². The summed E-state index contributed by atoms with van der Waals surface area (Å²) in [5.41, 5.74) is 1.31. The number of benzene rings is 1. The normalized spacial score (nSPS) is 10.1. The van der Waals surface area contributed by atoms with Gasteiger partial charge in [-0.3, -0.25) is 0 Å². The molecule has 0 bridgehead atoms. The highest BCUT2D eigenvalue weighted by atomic mass is 79.9. The van der Waals surface area contributed by atoms with E-state index in [1.807, 2.05) is 6.07 Å². The van der Waals surface area contributed by atoms with E-state index in [0.29, 0.717) is 15.2 Å². The van der Waals surface area contributed by atoms with E-state index in [4.69, 9.17) is 16.9 Å². The van der Waals surface area contributed by atoms with Crippen molar-refractivity contribution in [3.05, 3.63) is 39.5 Å². The molecule has 0 aliphatic rings. The Labute approximate surface area is 94.3 Å². The van der Waals surface area contributed by atoms with Crippen LogP contribution in [0.1, 0.15) is 5.56 Å². The van der Waals surface area contributed by atoms with E-state index in [1.165, 1.54) is 0 Å². The predicted molar refractivity (Wildman–Crippen MR) is 59.2 cm³/mol. The summed E-state index contributed by atoms with van der Waals surface area (Å²) in [5, 5.41) is 10.3. The summed E-state index contributed by atoms with van der Waals surface area (Å²) in [4.78, 5) is 4.22. The van der Waals surface area contributed by atoms with Crippen molar-refractivity contribution in [2.24, 2.45) is 0 Å². The highest BCUT2D eigenvalue weighted by molar-refractivity contribution is 9.10. The van der Waals surface area contributed by atoms with Crippen molar-refractivity contribution in [1.29, 1.82) is 5.26 Å². The number of nitrogens with zero attached hydrogens (tertiary/aromatic N) is 2. The van der Waals surface area contributed by atoms with Crippen molar-refractivity contribution >= 4 is 38.4 Å². The largest absolute Gasteiger partial charge is 0.239 e. The van der Waals surface area contributed by atoms with E-state index >= 15 is 0 Å². The molecule has 0 fully saturated rings. The Morgan fingerprint density at radius 2 is 2.14 bits per heavy atom. The van der Waals surface area contributed by atoms with E-state index in [9.17, 15) is 0 Å². The zero-order valence-corrected chi connectivity index (χ0v) is 9.30. The smallest absolute Gasteiger partial charge is 0.124 e. The van der Waals surface area contributed by atoms with E-state index in [2.05, 4.69) is 27.0 Å². The van der Waals surface area contributed by atoms with Gasteiger partial charge in [0, 0.05) is 10.4 Å². The Bertz CT molecular complexity index is 546. The molecule has 0 aliphatic carbocycles. The van der Waals surface area contributed by atoms with Crippen LogP contribution in [0, 0.1) is 11.3 Å². The van der Waals surface area contributed by atoms with Gasteiger partial charge in [0.15, 0.2) is 0 Å². The van der Waals surface area contributed by atoms with Gasteiger partial charge in [-0.25, -0.2) is 4.98 Å². The van der Waals surface area contributed by atoms with Crippen LogP contribution in [0.15, 0.2) is 28.9 Å². The highest BCUT2D eigenvalue weighted by Crippen LogP contribution is 2.22. The van der Waals surface area contributed by atoms with Gasteiger partial charge in [-0.15, -0.1) is 0 Å². The monoisotopic (exact) mass is 266 g/mol. The molecule has 1 aromatic heterocycles. The molecule has 4 heteroatoms. The Hall–Kier alpha value is -1.11. The number of nitriles is 1. The number of hydrogen-bond donors (Lipinski definition) is 0. The minimum atomic E-state index is 0.528. The van der Waals surface area contributed by atoms with Crippen LogP contribution in [-0.4, -0.2) is 4.98 Å². The van der Waals surface area contributed by atoms with Crippen molar-refractivity contribution in [2.45, 2.75) is 0 Å². The fourth-order valence-corrected chi connectivity index (χ4v) is 1.76. The first-order valence-corrected chi connectivity index (χ1v) is 5.04. The minimum absolute atomic E-state index is 0.528. The van der Waals surface area contributed by atoms with E-state index in [0.717, 1.165) is 10.9 Å². The number of hydrogen-bond acceptors (Lipinski definition) is 2. The Kier molecular flexibility index (Phi) is 2.40. The van der Waals surface area contributed by atoms with Gasteiger partial charge >= 0.3 is 0 Å². The van der Waals surface area contributed by atoms with Gasteiger partial charge in [0.2, 0.25) is 0 Å².